The molecule has 0 bridgehead atoms. The Balaban J connectivity index is 0.886. The van der Waals surface area contributed by atoms with E-state index in [0.29, 0.717) is 0 Å². The Morgan fingerprint density at radius 3 is 1.58 bits per heavy atom. The Morgan fingerprint density at radius 1 is 0.288 bits per heavy atom. The molecular weight excluding hydrogens is 881 g/mol. The van der Waals surface area contributed by atoms with Crippen LogP contribution >= 0.6 is 0 Å². The molecule has 13 aromatic rings. The third-order valence-electron chi connectivity index (χ3n) is 15.3. The highest BCUT2D eigenvalue weighted by Gasteiger charge is 2.46. The molecule has 0 unspecified atom stereocenters. The number of fused-ring (bicyclic) bond motifs is 7. The van der Waals surface area contributed by atoms with Gasteiger partial charge in [-0.3, -0.25) is 0 Å². The van der Waals surface area contributed by atoms with E-state index in [9.17, 15) is 0 Å². The maximum Gasteiger partial charge on any atom is 0.0714 e. The molecule has 1 aliphatic carbocycles. The van der Waals surface area contributed by atoms with E-state index < -0.39 is 5.41 Å². The molecule has 1 heterocycles. The molecule has 0 aliphatic heterocycles. The Hall–Kier alpha value is -9.50. The highest BCUT2D eigenvalue weighted by Crippen LogP contribution is 2.57. The number of aromatic nitrogens is 1. The zero-order chi connectivity index (χ0) is 48.3. The van der Waals surface area contributed by atoms with Crippen molar-refractivity contribution in [2.45, 2.75) is 5.41 Å². The number of rotatable bonds is 9. The Labute approximate surface area is 426 Å². The minimum absolute atomic E-state index is 0.492. The lowest BCUT2D eigenvalue weighted by Gasteiger charge is -2.34. The minimum atomic E-state index is -0.492. The van der Waals surface area contributed by atoms with Gasteiger partial charge >= 0.3 is 0 Å². The van der Waals surface area contributed by atoms with Gasteiger partial charge in [-0.25, -0.2) is 0 Å². The largest absolute Gasteiger partial charge is 0.309 e. The SMILES string of the molecule is c1ccc(-c2ccc(N(c3ccccc3-c3ccc(-c4ccc5c6ccccc6n(-c6ccc7c(c6)C(c6ccccc6)(c6ccccc6)c6ccccc6-7)c5c4)cc3)c3cccc4ccccc34)cc2)cc1. The van der Waals surface area contributed by atoms with Gasteiger partial charge in [-0.1, -0.05) is 243 Å². The molecule has 0 N–H and O–H groups in total. The molecule has 0 amide bonds. The third-order valence-corrected chi connectivity index (χ3v) is 15.3. The molecule has 14 rings (SSSR count). The van der Waals surface area contributed by atoms with Gasteiger partial charge in [0.05, 0.1) is 27.8 Å². The van der Waals surface area contributed by atoms with Gasteiger partial charge in [0.2, 0.25) is 0 Å². The molecule has 1 aromatic heterocycles. The first-order valence-electron chi connectivity index (χ1n) is 25.2. The van der Waals surface area contributed by atoms with E-state index in [4.69, 9.17) is 0 Å². The van der Waals surface area contributed by atoms with Crippen LogP contribution in [0.1, 0.15) is 22.3 Å². The summed E-state index contributed by atoms with van der Waals surface area (Å²) in [5, 5.41) is 4.88. The van der Waals surface area contributed by atoms with Gasteiger partial charge in [-0.2, -0.15) is 0 Å². The van der Waals surface area contributed by atoms with Crippen LogP contribution in [0.4, 0.5) is 17.1 Å². The Kier molecular flexibility index (Phi) is 10.1. The second-order valence-corrected chi connectivity index (χ2v) is 19.2. The summed E-state index contributed by atoms with van der Waals surface area (Å²) in [5.41, 5.74) is 21.1. The van der Waals surface area contributed by atoms with E-state index in [1.54, 1.807) is 0 Å². The first kappa shape index (κ1) is 42.4. The summed E-state index contributed by atoms with van der Waals surface area (Å²) in [7, 11) is 0. The molecule has 0 saturated heterocycles. The smallest absolute Gasteiger partial charge is 0.0714 e. The fourth-order valence-electron chi connectivity index (χ4n) is 12.0. The van der Waals surface area contributed by atoms with Crippen molar-refractivity contribution >= 4 is 49.6 Å². The normalized spacial score (nSPS) is 12.5. The van der Waals surface area contributed by atoms with Crippen LogP contribution in [0.25, 0.3) is 82.8 Å². The van der Waals surface area contributed by atoms with Crippen molar-refractivity contribution in [3.8, 4) is 50.2 Å². The first-order chi connectivity index (χ1) is 36.2. The molecule has 12 aromatic carbocycles. The van der Waals surface area contributed by atoms with Gasteiger partial charge in [-0.05, 0) is 115 Å². The fraction of sp³-hybridized carbons (Fsp3) is 0.0141. The molecular formula is C71H48N2. The molecule has 0 fully saturated rings. The van der Waals surface area contributed by atoms with Crippen molar-refractivity contribution in [2.24, 2.45) is 0 Å². The highest BCUT2D eigenvalue weighted by atomic mass is 15.1. The van der Waals surface area contributed by atoms with Crippen LogP contribution in [0.15, 0.2) is 291 Å². The molecule has 0 spiro atoms. The average Bonchev–Trinajstić information content (AvgIpc) is 3.96. The summed E-state index contributed by atoms with van der Waals surface area (Å²) < 4.78 is 2.48. The van der Waals surface area contributed by atoms with Crippen LogP contribution in [-0.4, -0.2) is 4.57 Å². The maximum atomic E-state index is 2.48. The fourth-order valence-corrected chi connectivity index (χ4v) is 12.0. The molecule has 342 valence electrons. The van der Waals surface area contributed by atoms with Crippen molar-refractivity contribution in [2.75, 3.05) is 4.90 Å². The van der Waals surface area contributed by atoms with Crippen LogP contribution in [-0.2, 0) is 5.41 Å². The summed E-state index contributed by atoms with van der Waals surface area (Å²) in [6, 6.07) is 107. The molecule has 2 heteroatoms. The number of benzene rings is 12. The van der Waals surface area contributed by atoms with Crippen molar-refractivity contribution < 1.29 is 0 Å². The van der Waals surface area contributed by atoms with E-state index >= 15 is 0 Å². The molecule has 73 heavy (non-hydrogen) atoms. The van der Waals surface area contributed by atoms with Crippen LogP contribution < -0.4 is 4.90 Å². The predicted molar refractivity (Wildman–Crippen MR) is 307 cm³/mol. The number of hydrogen-bond donors (Lipinski definition) is 0. The zero-order valence-electron chi connectivity index (χ0n) is 40.1. The molecule has 0 radical (unpaired) electrons. The van der Waals surface area contributed by atoms with E-state index in [-0.39, 0.29) is 0 Å². The molecule has 2 nitrogen and oxygen atoms in total. The zero-order valence-corrected chi connectivity index (χ0v) is 40.1. The van der Waals surface area contributed by atoms with Crippen LogP contribution in [0.3, 0.4) is 0 Å². The summed E-state index contributed by atoms with van der Waals surface area (Å²) in [6.07, 6.45) is 0. The third kappa shape index (κ3) is 6.87. The van der Waals surface area contributed by atoms with Gasteiger partial charge in [0.15, 0.2) is 0 Å². The average molecular weight is 929 g/mol. The van der Waals surface area contributed by atoms with Crippen molar-refractivity contribution in [1.29, 1.82) is 0 Å². The molecule has 0 atom stereocenters. The summed E-state index contributed by atoms with van der Waals surface area (Å²) in [4.78, 5) is 2.43. The Bertz CT molecular complexity index is 4130. The lowest BCUT2D eigenvalue weighted by Crippen LogP contribution is -2.28. The lowest BCUT2D eigenvalue weighted by molar-refractivity contribution is 0.767. The van der Waals surface area contributed by atoms with E-state index in [0.717, 1.165) is 33.9 Å². The monoisotopic (exact) mass is 928 g/mol. The van der Waals surface area contributed by atoms with Gasteiger partial charge in [0.25, 0.3) is 0 Å². The van der Waals surface area contributed by atoms with Gasteiger partial charge in [-0.15, -0.1) is 0 Å². The number of anilines is 3. The number of hydrogen-bond acceptors (Lipinski definition) is 1. The summed E-state index contributed by atoms with van der Waals surface area (Å²) >= 11 is 0. The molecule has 1 aliphatic rings. The van der Waals surface area contributed by atoms with Gasteiger partial charge < -0.3 is 9.47 Å². The standard InChI is InChI=1S/C71H48N2/c1-4-19-49(20-5-1)50-39-42-57(43-40-50)72(68-34-18-22-52-21-10-11-27-59(52)68)67-32-16-13-28-60(67)53-37-35-51(36-38-53)54-41-45-64-63-30-14-17-33-69(63)73(70(64)47-54)58-44-46-62-61-29-12-15-31-65(61)71(66(62)48-58,55-23-6-2-7-24-55)56-25-8-3-9-26-56/h1-48H. The minimum Gasteiger partial charge on any atom is -0.309 e. The van der Waals surface area contributed by atoms with Gasteiger partial charge in [0, 0.05) is 33.1 Å². The van der Waals surface area contributed by atoms with Crippen molar-refractivity contribution in [1.82, 2.24) is 4.57 Å². The van der Waals surface area contributed by atoms with Crippen LogP contribution in [0, 0.1) is 0 Å². The first-order valence-corrected chi connectivity index (χ1v) is 25.2. The van der Waals surface area contributed by atoms with E-state index in [1.807, 2.05) is 0 Å². The maximum absolute atomic E-state index is 2.48. The summed E-state index contributed by atoms with van der Waals surface area (Å²) in [6.45, 7) is 0. The molecule has 0 saturated carbocycles. The second kappa shape index (κ2) is 17.4. The van der Waals surface area contributed by atoms with Gasteiger partial charge in [0.1, 0.15) is 0 Å². The summed E-state index contributed by atoms with van der Waals surface area (Å²) in [5.74, 6) is 0. The van der Waals surface area contributed by atoms with Crippen molar-refractivity contribution in [3.05, 3.63) is 313 Å². The number of para-hydroxylation sites is 2. The Morgan fingerprint density at radius 2 is 0.808 bits per heavy atom. The highest BCUT2D eigenvalue weighted by molar-refractivity contribution is 6.10. The quantitative estimate of drug-likeness (QED) is 0.140. The van der Waals surface area contributed by atoms with E-state index in [2.05, 4.69) is 301 Å². The number of nitrogens with zero attached hydrogens (tertiary/aromatic N) is 2. The van der Waals surface area contributed by atoms with E-state index in [1.165, 1.54) is 88.2 Å². The van der Waals surface area contributed by atoms with Crippen LogP contribution in [0.2, 0.25) is 0 Å². The van der Waals surface area contributed by atoms with Crippen LogP contribution in [0.5, 0.6) is 0 Å². The topological polar surface area (TPSA) is 8.17 Å². The lowest BCUT2D eigenvalue weighted by atomic mass is 9.67. The second-order valence-electron chi connectivity index (χ2n) is 19.2. The van der Waals surface area contributed by atoms with Crippen molar-refractivity contribution in [3.63, 3.8) is 0 Å². The predicted octanol–water partition coefficient (Wildman–Crippen LogP) is 18.8.